The SMILES string of the molecule is CCC/C=C1/NC(=O)C(CC(=O)O)S1.CCOc1ccc(C(C)=NC)cc1. The van der Waals surface area contributed by atoms with Gasteiger partial charge in [-0.1, -0.05) is 31.2 Å². The highest BCUT2D eigenvalue weighted by molar-refractivity contribution is 8.04. The molecule has 2 N–H and O–H groups in total. The minimum Gasteiger partial charge on any atom is -0.494 e. The largest absolute Gasteiger partial charge is 0.494 e. The Kier molecular flexibility index (Phi) is 10.3. The third-order valence-corrected chi connectivity index (χ3v) is 4.89. The Morgan fingerprint density at radius 3 is 2.52 bits per heavy atom. The molecule has 1 aromatic carbocycles. The molecule has 0 saturated carbocycles. The Bertz CT molecular complexity index is 684. The zero-order valence-corrected chi connectivity index (χ0v) is 17.1. The number of benzene rings is 1. The number of carboxylic acid groups (broad SMARTS) is 1. The second-order valence-corrected chi connectivity index (χ2v) is 7.06. The van der Waals surface area contributed by atoms with Crippen LogP contribution >= 0.6 is 11.8 Å². The van der Waals surface area contributed by atoms with Crippen molar-refractivity contribution in [2.45, 2.75) is 45.3 Å². The van der Waals surface area contributed by atoms with Crippen LogP contribution in [0.5, 0.6) is 5.75 Å². The number of amides is 1. The summed E-state index contributed by atoms with van der Waals surface area (Å²) in [7, 11) is 1.80. The average molecular weight is 393 g/mol. The summed E-state index contributed by atoms with van der Waals surface area (Å²) >= 11 is 1.31. The van der Waals surface area contributed by atoms with Crippen molar-refractivity contribution in [3.8, 4) is 5.75 Å². The second kappa shape index (κ2) is 12.2. The lowest BCUT2D eigenvalue weighted by Crippen LogP contribution is -2.24. The Morgan fingerprint density at radius 1 is 1.33 bits per heavy atom. The van der Waals surface area contributed by atoms with Crippen LogP contribution in [-0.2, 0) is 9.59 Å². The summed E-state index contributed by atoms with van der Waals surface area (Å²) in [4.78, 5) is 25.8. The van der Waals surface area contributed by atoms with Gasteiger partial charge in [0.15, 0.2) is 0 Å². The van der Waals surface area contributed by atoms with E-state index in [1.807, 2.05) is 51.1 Å². The molecule has 2 rings (SSSR count). The van der Waals surface area contributed by atoms with Crippen molar-refractivity contribution in [2.75, 3.05) is 13.7 Å². The highest BCUT2D eigenvalue weighted by atomic mass is 32.2. The quantitative estimate of drug-likeness (QED) is 0.688. The normalized spacial score (nSPS) is 17.9. The lowest BCUT2D eigenvalue weighted by atomic mass is 10.1. The summed E-state index contributed by atoms with van der Waals surface area (Å²) in [5.41, 5.74) is 2.19. The van der Waals surface area contributed by atoms with Gasteiger partial charge in [0.05, 0.1) is 18.1 Å². The Hall–Kier alpha value is -2.28. The predicted molar refractivity (Wildman–Crippen MR) is 111 cm³/mol. The molecule has 27 heavy (non-hydrogen) atoms. The van der Waals surface area contributed by atoms with Crippen LogP contribution in [-0.4, -0.2) is 41.6 Å². The number of unbranched alkanes of at least 4 members (excludes halogenated alkanes) is 1. The summed E-state index contributed by atoms with van der Waals surface area (Å²) in [5.74, 6) is -0.218. The van der Waals surface area contributed by atoms with E-state index >= 15 is 0 Å². The molecular weight excluding hydrogens is 364 g/mol. The molecule has 0 bridgehead atoms. The van der Waals surface area contributed by atoms with Crippen LogP contribution in [0.15, 0.2) is 40.4 Å². The summed E-state index contributed by atoms with van der Waals surface area (Å²) in [5, 5.41) is 11.5. The predicted octanol–water partition coefficient (Wildman–Crippen LogP) is 3.86. The number of ether oxygens (including phenoxy) is 1. The Balaban J connectivity index is 0.000000271. The molecule has 1 aliphatic heterocycles. The first kappa shape index (κ1) is 22.8. The number of carboxylic acids is 1. The smallest absolute Gasteiger partial charge is 0.305 e. The van der Waals surface area contributed by atoms with Crippen LogP contribution in [0.3, 0.4) is 0 Å². The average Bonchev–Trinajstić information content (AvgIpc) is 2.99. The van der Waals surface area contributed by atoms with Crippen LogP contribution < -0.4 is 10.1 Å². The van der Waals surface area contributed by atoms with E-state index in [0.717, 1.165) is 34.9 Å². The van der Waals surface area contributed by atoms with E-state index < -0.39 is 11.2 Å². The number of nitrogens with one attached hydrogen (secondary N) is 1. The van der Waals surface area contributed by atoms with Gasteiger partial charge in [-0.05, 0) is 50.1 Å². The summed E-state index contributed by atoms with van der Waals surface area (Å²) < 4.78 is 5.33. The van der Waals surface area contributed by atoms with E-state index in [-0.39, 0.29) is 12.3 Å². The van der Waals surface area contributed by atoms with Gasteiger partial charge in [0.2, 0.25) is 5.91 Å². The van der Waals surface area contributed by atoms with Crippen molar-refractivity contribution in [3.63, 3.8) is 0 Å². The third kappa shape index (κ3) is 8.30. The highest BCUT2D eigenvalue weighted by Gasteiger charge is 2.30. The molecule has 1 fully saturated rings. The van der Waals surface area contributed by atoms with E-state index in [0.29, 0.717) is 6.61 Å². The van der Waals surface area contributed by atoms with Crippen LogP contribution in [0.1, 0.15) is 45.6 Å². The van der Waals surface area contributed by atoms with Gasteiger partial charge in [-0.25, -0.2) is 0 Å². The topological polar surface area (TPSA) is 88.0 Å². The van der Waals surface area contributed by atoms with Gasteiger partial charge < -0.3 is 15.2 Å². The van der Waals surface area contributed by atoms with Gasteiger partial charge in [0, 0.05) is 12.8 Å². The number of carbonyl (C=O) groups is 2. The van der Waals surface area contributed by atoms with Gasteiger partial charge >= 0.3 is 5.97 Å². The molecule has 1 atom stereocenters. The molecule has 1 amide bonds. The molecule has 148 valence electrons. The number of carbonyl (C=O) groups excluding carboxylic acids is 1. The Morgan fingerprint density at radius 2 is 2.00 bits per heavy atom. The lowest BCUT2D eigenvalue weighted by Gasteiger charge is -2.03. The van der Waals surface area contributed by atoms with Gasteiger partial charge in [-0.3, -0.25) is 14.6 Å². The summed E-state index contributed by atoms with van der Waals surface area (Å²) in [6, 6.07) is 7.97. The van der Waals surface area contributed by atoms with Crippen LogP contribution in [0.25, 0.3) is 0 Å². The van der Waals surface area contributed by atoms with Gasteiger partial charge in [-0.15, -0.1) is 0 Å². The van der Waals surface area contributed by atoms with Crippen LogP contribution in [0.4, 0.5) is 0 Å². The lowest BCUT2D eigenvalue weighted by molar-refractivity contribution is -0.138. The molecule has 1 unspecified atom stereocenters. The van der Waals surface area contributed by atoms with Crippen molar-refractivity contribution in [3.05, 3.63) is 40.9 Å². The van der Waals surface area contributed by atoms with Crippen molar-refractivity contribution in [1.29, 1.82) is 0 Å². The van der Waals surface area contributed by atoms with Gasteiger partial charge in [0.1, 0.15) is 11.0 Å². The fraction of sp³-hybridized carbons (Fsp3) is 0.450. The first-order valence-electron chi connectivity index (χ1n) is 8.97. The number of allylic oxidation sites excluding steroid dienone is 1. The van der Waals surface area contributed by atoms with Crippen molar-refractivity contribution >= 4 is 29.4 Å². The molecule has 1 aromatic rings. The maximum atomic E-state index is 11.2. The molecule has 1 aliphatic rings. The van der Waals surface area contributed by atoms with Gasteiger partial charge in [0.25, 0.3) is 0 Å². The maximum Gasteiger partial charge on any atom is 0.305 e. The zero-order valence-electron chi connectivity index (χ0n) is 16.3. The number of hydrogen-bond acceptors (Lipinski definition) is 5. The first-order valence-corrected chi connectivity index (χ1v) is 9.85. The first-order chi connectivity index (χ1) is 12.9. The van der Waals surface area contributed by atoms with E-state index in [9.17, 15) is 9.59 Å². The standard InChI is InChI=1S/C11H15NO.C9H13NO3S/c1-4-13-11-7-5-10(6-8-11)9(2)12-3;1-2-3-4-7-10-9(13)6(14-7)5-8(11)12/h5-8H,4H2,1-3H3;4,6H,2-3,5H2,1H3,(H,10,13)(H,11,12)/b;7-4-. The molecule has 1 saturated heterocycles. The second-order valence-electron chi connectivity index (χ2n) is 5.82. The van der Waals surface area contributed by atoms with E-state index in [1.165, 1.54) is 11.8 Å². The molecule has 1 heterocycles. The van der Waals surface area contributed by atoms with Crippen molar-refractivity contribution < 1.29 is 19.4 Å². The maximum absolute atomic E-state index is 11.2. The van der Waals surface area contributed by atoms with E-state index in [4.69, 9.17) is 9.84 Å². The molecule has 0 aromatic heterocycles. The minimum atomic E-state index is -0.936. The molecular formula is C20H28N2O4S. The monoisotopic (exact) mass is 392 g/mol. The Labute approximate surface area is 165 Å². The fourth-order valence-corrected chi connectivity index (χ4v) is 3.27. The van der Waals surface area contributed by atoms with E-state index in [2.05, 4.69) is 10.3 Å². The number of nitrogens with zero attached hydrogens (tertiary/aromatic N) is 1. The zero-order chi connectivity index (χ0) is 20.2. The van der Waals surface area contributed by atoms with E-state index in [1.54, 1.807) is 7.05 Å². The van der Waals surface area contributed by atoms with Crippen LogP contribution in [0.2, 0.25) is 0 Å². The molecule has 0 radical (unpaired) electrons. The number of hydrogen-bond donors (Lipinski definition) is 2. The summed E-state index contributed by atoms with van der Waals surface area (Å²) in [6.45, 7) is 6.73. The van der Waals surface area contributed by atoms with Gasteiger partial charge in [-0.2, -0.15) is 0 Å². The number of aliphatic carboxylic acids is 1. The molecule has 6 nitrogen and oxygen atoms in total. The molecule has 0 aliphatic carbocycles. The van der Waals surface area contributed by atoms with Crippen molar-refractivity contribution in [2.24, 2.45) is 4.99 Å². The minimum absolute atomic E-state index is 0.111. The number of aliphatic imine (C=N–C) groups is 1. The molecule has 7 heteroatoms. The van der Waals surface area contributed by atoms with Crippen LogP contribution in [0, 0.1) is 0 Å². The highest BCUT2D eigenvalue weighted by Crippen LogP contribution is 2.29. The summed E-state index contributed by atoms with van der Waals surface area (Å²) in [6.07, 6.45) is 3.75. The fourth-order valence-electron chi connectivity index (χ4n) is 2.19. The third-order valence-electron chi connectivity index (χ3n) is 3.70. The number of thioether (sulfide) groups is 1. The molecule has 0 spiro atoms. The number of rotatable bonds is 7. The van der Waals surface area contributed by atoms with Crippen molar-refractivity contribution in [1.82, 2.24) is 5.32 Å².